The lowest BCUT2D eigenvalue weighted by molar-refractivity contribution is -0.118. The van der Waals surface area contributed by atoms with Gasteiger partial charge in [-0.1, -0.05) is 23.4 Å². The van der Waals surface area contributed by atoms with Gasteiger partial charge in [-0.2, -0.15) is 4.31 Å². The zero-order valence-corrected chi connectivity index (χ0v) is 17.4. The predicted octanol–water partition coefficient (Wildman–Crippen LogP) is 2.22. The van der Waals surface area contributed by atoms with Gasteiger partial charge in [0.25, 0.3) is 0 Å². The molecule has 0 saturated heterocycles. The molecule has 2 aromatic carbocycles. The summed E-state index contributed by atoms with van der Waals surface area (Å²) in [5, 5.41) is 8.16. The smallest absolute Gasteiger partial charge is 0.243 e. The number of para-hydroxylation sites is 1. The van der Waals surface area contributed by atoms with Crippen molar-refractivity contribution >= 4 is 32.7 Å². The van der Waals surface area contributed by atoms with Crippen LogP contribution in [0.3, 0.4) is 0 Å². The van der Waals surface area contributed by atoms with Crippen LogP contribution in [-0.2, 0) is 21.2 Å². The van der Waals surface area contributed by atoms with Crippen LogP contribution in [0.2, 0.25) is 0 Å². The van der Waals surface area contributed by atoms with Crippen LogP contribution in [-0.4, -0.2) is 53.8 Å². The standard InChI is InChI=1S/C20H23N5O3S/c1-14(2)25-19-9-8-16(12-17(19)21-22-25)29(27,28)23(3)13-20(26)24-11-10-15-6-4-5-7-18(15)24/h4-9,12,14H,10-11,13H2,1-3H3. The number of nitrogens with zero attached hydrogens (tertiary/aromatic N) is 5. The molecule has 0 N–H and O–H groups in total. The molecule has 4 rings (SSSR count). The highest BCUT2D eigenvalue weighted by molar-refractivity contribution is 7.89. The van der Waals surface area contributed by atoms with Gasteiger partial charge in [0.15, 0.2) is 0 Å². The van der Waals surface area contributed by atoms with Gasteiger partial charge in [0.2, 0.25) is 15.9 Å². The van der Waals surface area contributed by atoms with E-state index >= 15 is 0 Å². The van der Waals surface area contributed by atoms with Gasteiger partial charge >= 0.3 is 0 Å². The fourth-order valence-corrected chi connectivity index (χ4v) is 4.74. The first kappa shape index (κ1) is 19.5. The monoisotopic (exact) mass is 413 g/mol. The summed E-state index contributed by atoms with van der Waals surface area (Å²) >= 11 is 0. The van der Waals surface area contributed by atoms with Crippen molar-refractivity contribution in [1.29, 1.82) is 0 Å². The molecule has 1 aliphatic rings. The zero-order valence-electron chi connectivity index (χ0n) is 16.6. The quantitative estimate of drug-likeness (QED) is 0.640. The van der Waals surface area contributed by atoms with E-state index in [0.717, 1.165) is 27.5 Å². The van der Waals surface area contributed by atoms with Crippen molar-refractivity contribution in [2.24, 2.45) is 0 Å². The van der Waals surface area contributed by atoms with Crippen LogP contribution in [0.25, 0.3) is 11.0 Å². The van der Waals surface area contributed by atoms with E-state index in [1.54, 1.807) is 15.6 Å². The van der Waals surface area contributed by atoms with Gasteiger partial charge in [-0.3, -0.25) is 4.79 Å². The SMILES string of the molecule is CC(C)n1nnc2cc(S(=O)(=O)N(C)CC(=O)N3CCc4ccccc43)ccc21. The maximum Gasteiger partial charge on any atom is 0.243 e. The first-order valence-corrected chi connectivity index (χ1v) is 10.9. The second-order valence-corrected chi connectivity index (χ2v) is 9.51. The Labute approximate surface area is 169 Å². The van der Waals surface area contributed by atoms with Crippen LogP contribution >= 0.6 is 0 Å². The van der Waals surface area contributed by atoms with Crippen LogP contribution in [0.4, 0.5) is 5.69 Å². The largest absolute Gasteiger partial charge is 0.311 e. The highest BCUT2D eigenvalue weighted by atomic mass is 32.2. The number of carbonyl (C=O) groups is 1. The van der Waals surface area contributed by atoms with Crippen LogP contribution < -0.4 is 4.90 Å². The minimum absolute atomic E-state index is 0.0953. The molecule has 152 valence electrons. The summed E-state index contributed by atoms with van der Waals surface area (Å²) in [4.78, 5) is 14.5. The molecule has 0 radical (unpaired) electrons. The number of anilines is 1. The molecule has 0 spiro atoms. The third kappa shape index (κ3) is 3.40. The van der Waals surface area contributed by atoms with E-state index in [2.05, 4.69) is 10.3 Å². The molecule has 8 nitrogen and oxygen atoms in total. The Hall–Kier alpha value is -2.78. The molecule has 0 saturated carbocycles. The van der Waals surface area contributed by atoms with Crippen molar-refractivity contribution in [2.75, 3.05) is 25.0 Å². The molecule has 0 bridgehead atoms. The van der Waals surface area contributed by atoms with Crippen LogP contribution in [0.15, 0.2) is 47.4 Å². The number of benzene rings is 2. The highest BCUT2D eigenvalue weighted by Gasteiger charge is 2.29. The molecule has 9 heteroatoms. The number of carbonyl (C=O) groups excluding carboxylic acids is 1. The van der Waals surface area contributed by atoms with E-state index in [4.69, 9.17) is 0 Å². The Bertz CT molecular complexity index is 1190. The first-order valence-electron chi connectivity index (χ1n) is 9.48. The van der Waals surface area contributed by atoms with Crippen LogP contribution in [0, 0.1) is 0 Å². The van der Waals surface area contributed by atoms with Crippen molar-refractivity contribution in [3.05, 3.63) is 48.0 Å². The molecule has 0 fully saturated rings. The minimum atomic E-state index is -3.83. The lowest BCUT2D eigenvalue weighted by Gasteiger charge is -2.22. The third-order valence-electron chi connectivity index (χ3n) is 5.19. The lowest BCUT2D eigenvalue weighted by atomic mass is 10.2. The topological polar surface area (TPSA) is 88.4 Å². The molecule has 1 aliphatic heterocycles. The summed E-state index contributed by atoms with van der Waals surface area (Å²) in [5.41, 5.74) is 3.24. The molecule has 0 aliphatic carbocycles. The predicted molar refractivity (Wildman–Crippen MR) is 110 cm³/mol. The molecule has 3 aromatic rings. The van der Waals surface area contributed by atoms with Crippen molar-refractivity contribution in [2.45, 2.75) is 31.2 Å². The van der Waals surface area contributed by atoms with E-state index in [9.17, 15) is 13.2 Å². The molecular weight excluding hydrogens is 390 g/mol. The van der Waals surface area contributed by atoms with Gasteiger partial charge in [0.1, 0.15) is 5.52 Å². The minimum Gasteiger partial charge on any atom is -0.311 e. The number of fused-ring (bicyclic) bond motifs is 2. The Morgan fingerprint density at radius 3 is 2.72 bits per heavy atom. The summed E-state index contributed by atoms with van der Waals surface area (Å²) in [5.74, 6) is -0.243. The molecular formula is C20H23N5O3S. The highest BCUT2D eigenvalue weighted by Crippen LogP contribution is 2.28. The second-order valence-electron chi connectivity index (χ2n) is 7.46. The Morgan fingerprint density at radius 2 is 1.97 bits per heavy atom. The normalized spacial score (nSPS) is 14.2. The van der Waals surface area contributed by atoms with E-state index in [-0.39, 0.29) is 23.4 Å². The first-order chi connectivity index (χ1) is 13.8. The summed E-state index contributed by atoms with van der Waals surface area (Å²) in [6.45, 7) is 4.30. The van der Waals surface area contributed by atoms with E-state index in [1.165, 1.54) is 19.2 Å². The molecule has 1 aromatic heterocycles. The average Bonchev–Trinajstić information content (AvgIpc) is 3.31. The van der Waals surface area contributed by atoms with E-state index in [0.29, 0.717) is 12.1 Å². The Morgan fingerprint density at radius 1 is 1.21 bits per heavy atom. The fraction of sp³-hybridized carbons (Fsp3) is 0.350. The Kier molecular flexibility index (Phi) is 4.87. The number of likely N-dealkylation sites (N-methyl/N-ethyl adjacent to an activating group) is 1. The van der Waals surface area contributed by atoms with Gasteiger partial charge in [-0.25, -0.2) is 13.1 Å². The van der Waals surface area contributed by atoms with E-state index in [1.807, 2.05) is 38.1 Å². The molecule has 2 heterocycles. The van der Waals surface area contributed by atoms with Crippen LogP contribution in [0.1, 0.15) is 25.5 Å². The van der Waals surface area contributed by atoms with Crippen molar-refractivity contribution in [1.82, 2.24) is 19.3 Å². The Balaban J connectivity index is 1.56. The summed E-state index contributed by atoms with van der Waals surface area (Å²) < 4.78 is 28.9. The number of rotatable bonds is 5. The second kappa shape index (κ2) is 7.23. The number of hydrogen-bond donors (Lipinski definition) is 0. The van der Waals surface area contributed by atoms with Crippen LogP contribution in [0.5, 0.6) is 0 Å². The summed E-state index contributed by atoms with van der Waals surface area (Å²) in [7, 11) is -2.41. The molecule has 1 amide bonds. The van der Waals surface area contributed by atoms with E-state index < -0.39 is 10.0 Å². The van der Waals surface area contributed by atoms with Crippen molar-refractivity contribution < 1.29 is 13.2 Å². The summed E-state index contributed by atoms with van der Waals surface area (Å²) in [6, 6.07) is 12.6. The fourth-order valence-electron chi connectivity index (χ4n) is 3.60. The molecule has 29 heavy (non-hydrogen) atoms. The van der Waals surface area contributed by atoms with Gasteiger partial charge in [0.05, 0.1) is 17.0 Å². The van der Waals surface area contributed by atoms with Crippen molar-refractivity contribution in [3.8, 4) is 0 Å². The average molecular weight is 414 g/mol. The number of aromatic nitrogens is 3. The number of hydrogen-bond acceptors (Lipinski definition) is 5. The van der Waals surface area contributed by atoms with Gasteiger partial charge < -0.3 is 4.90 Å². The lowest BCUT2D eigenvalue weighted by Crippen LogP contribution is -2.40. The van der Waals surface area contributed by atoms with Gasteiger partial charge in [-0.15, -0.1) is 5.10 Å². The maximum atomic E-state index is 13.0. The zero-order chi connectivity index (χ0) is 20.8. The van der Waals surface area contributed by atoms with Crippen molar-refractivity contribution in [3.63, 3.8) is 0 Å². The molecule has 0 unspecified atom stereocenters. The maximum absolute atomic E-state index is 13.0. The third-order valence-corrected chi connectivity index (χ3v) is 6.99. The molecule has 0 atom stereocenters. The number of amides is 1. The van der Waals surface area contributed by atoms with Gasteiger partial charge in [0, 0.05) is 25.3 Å². The summed E-state index contributed by atoms with van der Waals surface area (Å²) in [6.07, 6.45) is 0.778. The van der Waals surface area contributed by atoms with Gasteiger partial charge in [-0.05, 0) is 50.1 Å². The number of sulfonamides is 1.